The molecule has 19 heavy (non-hydrogen) atoms. The third-order valence-corrected chi connectivity index (χ3v) is 2.94. The average Bonchev–Trinajstić information content (AvgIpc) is 2.81. The normalized spacial score (nSPS) is 10.6. The van der Waals surface area contributed by atoms with Crippen LogP contribution in [-0.4, -0.2) is 32.8 Å². The fraction of sp³-hybridized carbons (Fsp3) is 0.846. The molecule has 6 heteroatoms. The molecule has 0 aromatic carbocycles. The Kier molecular flexibility index (Phi) is 7.77. The molecule has 0 aliphatic rings. The third-order valence-electron chi connectivity index (χ3n) is 2.94. The first-order valence-corrected chi connectivity index (χ1v) is 7.18. The molecule has 1 rings (SSSR count). The lowest BCUT2D eigenvalue weighted by atomic mass is 10.1. The van der Waals surface area contributed by atoms with Gasteiger partial charge in [-0.2, -0.15) is 0 Å². The number of rotatable bonds is 10. The van der Waals surface area contributed by atoms with E-state index in [1.165, 1.54) is 32.1 Å². The highest BCUT2D eigenvalue weighted by Gasteiger charge is 2.11. The minimum absolute atomic E-state index is 0.149. The van der Waals surface area contributed by atoms with Gasteiger partial charge in [-0.15, -0.1) is 5.10 Å². The number of tetrazole rings is 1. The second-order valence-corrected chi connectivity index (χ2v) is 4.57. The maximum absolute atomic E-state index is 11.4. The van der Waals surface area contributed by atoms with Gasteiger partial charge in [-0.3, -0.25) is 4.79 Å². The number of aryl methyl sites for hydroxylation is 1. The maximum Gasteiger partial charge on any atom is 0.313 e. The Hall–Kier alpha value is -1.46. The first kappa shape index (κ1) is 15.6. The number of carbonyl (C=O) groups is 1. The van der Waals surface area contributed by atoms with Gasteiger partial charge in [0.2, 0.25) is 0 Å². The van der Waals surface area contributed by atoms with Crippen LogP contribution in [0, 0.1) is 0 Å². The molecule has 1 aromatic heterocycles. The number of aromatic nitrogens is 4. The Balaban J connectivity index is 2.26. The van der Waals surface area contributed by atoms with Crippen molar-refractivity contribution < 1.29 is 9.53 Å². The Bertz CT molecular complexity index is 365. The van der Waals surface area contributed by atoms with Crippen molar-refractivity contribution in [1.82, 2.24) is 20.2 Å². The van der Waals surface area contributed by atoms with E-state index in [1.807, 2.05) is 0 Å². The molecule has 0 unspecified atom stereocenters. The van der Waals surface area contributed by atoms with Crippen LogP contribution in [0.2, 0.25) is 0 Å². The summed E-state index contributed by atoms with van der Waals surface area (Å²) in [6.07, 6.45) is 7.49. The number of hydrogen-bond acceptors (Lipinski definition) is 5. The van der Waals surface area contributed by atoms with Crippen LogP contribution < -0.4 is 0 Å². The second kappa shape index (κ2) is 9.47. The van der Waals surface area contributed by atoms with Gasteiger partial charge in [0.1, 0.15) is 6.42 Å². The van der Waals surface area contributed by atoms with Crippen LogP contribution >= 0.6 is 0 Å². The maximum atomic E-state index is 11.4. The SMILES string of the molecule is CCCCCCCCn1nnnc1CC(=O)OCC. The number of hydrogen-bond donors (Lipinski definition) is 0. The molecule has 0 fully saturated rings. The van der Waals surface area contributed by atoms with Gasteiger partial charge in [0, 0.05) is 6.54 Å². The topological polar surface area (TPSA) is 69.9 Å². The van der Waals surface area contributed by atoms with Crippen LogP contribution in [0.4, 0.5) is 0 Å². The van der Waals surface area contributed by atoms with Crippen molar-refractivity contribution in [3.05, 3.63) is 5.82 Å². The van der Waals surface area contributed by atoms with Gasteiger partial charge in [0.25, 0.3) is 0 Å². The first-order valence-electron chi connectivity index (χ1n) is 7.18. The molecule has 1 aromatic rings. The lowest BCUT2D eigenvalue weighted by Gasteiger charge is -2.04. The summed E-state index contributed by atoms with van der Waals surface area (Å²) in [5.41, 5.74) is 0. The van der Waals surface area contributed by atoms with Gasteiger partial charge in [0.05, 0.1) is 6.61 Å². The molecule has 1 heterocycles. The standard InChI is InChI=1S/C13H24N4O2/c1-3-5-6-7-8-9-10-17-12(14-15-16-17)11-13(18)19-4-2/h3-11H2,1-2H3. The summed E-state index contributed by atoms with van der Waals surface area (Å²) < 4.78 is 6.60. The summed E-state index contributed by atoms with van der Waals surface area (Å²) in [5, 5.41) is 11.4. The lowest BCUT2D eigenvalue weighted by molar-refractivity contribution is -0.142. The summed E-state index contributed by atoms with van der Waals surface area (Å²) >= 11 is 0. The number of nitrogens with zero attached hydrogens (tertiary/aromatic N) is 4. The summed E-state index contributed by atoms with van der Waals surface area (Å²) in [5.74, 6) is 0.313. The largest absolute Gasteiger partial charge is 0.466 e. The molecule has 0 bridgehead atoms. The van der Waals surface area contributed by atoms with Crippen molar-refractivity contribution in [1.29, 1.82) is 0 Å². The van der Waals surface area contributed by atoms with Crippen molar-refractivity contribution >= 4 is 5.97 Å². The smallest absolute Gasteiger partial charge is 0.313 e. The van der Waals surface area contributed by atoms with Crippen molar-refractivity contribution in [3.63, 3.8) is 0 Å². The monoisotopic (exact) mass is 268 g/mol. The predicted octanol–water partition coefficient (Wildman–Crippen LogP) is 2.14. The Morgan fingerprint density at radius 3 is 2.63 bits per heavy atom. The van der Waals surface area contributed by atoms with Gasteiger partial charge in [-0.05, 0) is 23.8 Å². The van der Waals surface area contributed by atoms with Gasteiger partial charge in [-0.1, -0.05) is 39.0 Å². The van der Waals surface area contributed by atoms with E-state index in [2.05, 4.69) is 22.4 Å². The first-order chi connectivity index (χ1) is 9.27. The van der Waals surface area contributed by atoms with E-state index >= 15 is 0 Å². The average molecular weight is 268 g/mol. The highest BCUT2D eigenvalue weighted by molar-refractivity contribution is 5.71. The Labute approximate surface area is 114 Å². The quantitative estimate of drug-likeness (QED) is 0.480. The van der Waals surface area contributed by atoms with Crippen molar-refractivity contribution in [3.8, 4) is 0 Å². The molecule has 0 radical (unpaired) electrons. The van der Waals surface area contributed by atoms with E-state index in [0.29, 0.717) is 12.4 Å². The van der Waals surface area contributed by atoms with Gasteiger partial charge >= 0.3 is 5.97 Å². The van der Waals surface area contributed by atoms with E-state index in [9.17, 15) is 4.79 Å². The number of ether oxygens (including phenoxy) is 1. The second-order valence-electron chi connectivity index (χ2n) is 4.57. The van der Waals surface area contributed by atoms with Crippen molar-refractivity contribution in [2.24, 2.45) is 0 Å². The molecular formula is C13H24N4O2. The summed E-state index contributed by atoms with van der Waals surface area (Å²) in [7, 11) is 0. The number of carbonyl (C=O) groups excluding carboxylic acids is 1. The van der Waals surface area contributed by atoms with Crippen LogP contribution in [0.15, 0.2) is 0 Å². The molecule has 108 valence electrons. The zero-order valence-electron chi connectivity index (χ0n) is 12.0. The Morgan fingerprint density at radius 1 is 1.16 bits per heavy atom. The van der Waals surface area contributed by atoms with E-state index in [1.54, 1.807) is 11.6 Å². The molecule has 0 amide bonds. The van der Waals surface area contributed by atoms with E-state index in [4.69, 9.17) is 4.74 Å². The highest BCUT2D eigenvalue weighted by atomic mass is 16.5. The molecule has 0 saturated heterocycles. The van der Waals surface area contributed by atoms with Gasteiger partial charge in [0.15, 0.2) is 5.82 Å². The molecule has 6 nitrogen and oxygen atoms in total. The van der Waals surface area contributed by atoms with Crippen LogP contribution in [0.1, 0.15) is 58.2 Å². The van der Waals surface area contributed by atoms with E-state index < -0.39 is 0 Å². The van der Waals surface area contributed by atoms with Gasteiger partial charge in [-0.25, -0.2) is 4.68 Å². The van der Waals surface area contributed by atoms with Crippen LogP contribution in [0.5, 0.6) is 0 Å². The molecule has 0 spiro atoms. The zero-order valence-corrected chi connectivity index (χ0v) is 12.0. The lowest BCUT2D eigenvalue weighted by Crippen LogP contribution is -2.13. The molecule has 0 atom stereocenters. The van der Waals surface area contributed by atoms with Gasteiger partial charge < -0.3 is 4.74 Å². The predicted molar refractivity (Wildman–Crippen MR) is 71.5 cm³/mol. The molecule has 0 aliphatic heterocycles. The van der Waals surface area contributed by atoms with Crippen LogP contribution in [0.25, 0.3) is 0 Å². The minimum Gasteiger partial charge on any atom is -0.466 e. The minimum atomic E-state index is -0.276. The summed E-state index contributed by atoms with van der Waals surface area (Å²) in [4.78, 5) is 11.4. The summed E-state index contributed by atoms with van der Waals surface area (Å²) in [6, 6.07) is 0. The molecular weight excluding hydrogens is 244 g/mol. The van der Waals surface area contributed by atoms with Crippen molar-refractivity contribution in [2.75, 3.05) is 6.61 Å². The van der Waals surface area contributed by atoms with E-state index in [-0.39, 0.29) is 12.4 Å². The molecule has 0 saturated carbocycles. The van der Waals surface area contributed by atoms with Crippen LogP contribution in [-0.2, 0) is 22.5 Å². The third kappa shape index (κ3) is 6.31. The fourth-order valence-corrected chi connectivity index (χ4v) is 1.91. The Morgan fingerprint density at radius 2 is 1.89 bits per heavy atom. The number of unbranched alkanes of at least 4 members (excludes halogenated alkanes) is 5. The van der Waals surface area contributed by atoms with Crippen LogP contribution in [0.3, 0.4) is 0 Å². The molecule has 0 N–H and O–H groups in total. The number of esters is 1. The highest BCUT2D eigenvalue weighted by Crippen LogP contribution is 2.06. The van der Waals surface area contributed by atoms with E-state index in [0.717, 1.165) is 13.0 Å². The van der Waals surface area contributed by atoms with Crippen molar-refractivity contribution in [2.45, 2.75) is 65.3 Å². The summed E-state index contributed by atoms with van der Waals surface area (Å²) in [6.45, 7) is 5.16. The fourth-order valence-electron chi connectivity index (χ4n) is 1.91. The zero-order chi connectivity index (χ0) is 13.9. The molecule has 0 aliphatic carbocycles.